The van der Waals surface area contributed by atoms with Crippen LogP contribution in [-0.2, 0) is 6.42 Å². The van der Waals surface area contributed by atoms with E-state index in [1.807, 2.05) is 33.8 Å². The minimum Gasteiger partial charge on any atom is -0.231 e. The van der Waals surface area contributed by atoms with Gasteiger partial charge in [0.05, 0.1) is 0 Å². The van der Waals surface area contributed by atoms with E-state index in [2.05, 4.69) is 86.5 Å². The summed E-state index contributed by atoms with van der Waals surface area (Å²) in [5.41, 5.74) is 8.28. The van der Waals surface area contributed by atoms with Crippen molar-refractivity contribution in [3.8, 4) is 0 Å². The summed E-state index contributed by atoms with van der Waals surface area (Å²) >= 11 is 0. The van der Waals surface area contributed by atoms with Gasteiger partial charge in [-0.15, -0.1) is 0 Å². The van der Waals surface area contributed by atoms with Gasteiger partial charge in [0.1, 0.15) is 0 Å². The van der Waals surface area contributed by atoms with E-state index in [4.69, 9.17) is 0 Å². The molecular formula is C30H40FN. The number of aliphatic imine (C=N–C) groups is 1. The van der Waals surface area contributed by atoms with Gasteiger partial charge in [0.25, 0.3) is 0 Å². The minimum absolute atomic E-state index is 0.0152. The number of nitrogens with zero attached hydrogens (tertiary/aromatic N) is 1. The van der Waals surface area contributed by atoms with Crippen LogP contribution in [0, 0.1) is 13.8 Å². The number of benzene rings is 2. The van der Waals surface area contributed by atoms with Gasteiger partial charge in [0.15, 0.2) is 6.47 Å². The first kappa shape index (κ1) is 27.3. The smallest absolute Gasteiger partial charge is 0.176 e. The predicted octanol–water partition coefficient (Wildman–Crippen LogP) is 9.32. The lowest BCUT2D eigenvalue weighted by atomic mass is 9.85. The van der Waals surface area contributed by atoms with Gasteiger partial charge in [-0.1, -0.05) is 94.0 Å². The van der Waals surface area contributed by atoms with Crippen molar-refractivity contribution in [2.45, 2.75) is 73.6 Å². The maximum Gasteiger partial charge on any atom is 0.176 e. The summed E-state index contributed by atoms with van der Waals surface area (Å²) in [5.74, 6) is 0.0152. The zero-order valence-corrected chi connectivity index (χ0v) is 21.0. The molecule has 1 nitrogen and oxygen atoms in total. The molecular weight excluding hydrogens is 393 g/mol. The molecule has 0 amide bonds. The van der Waals surface area contributed by atoms with Gasteiger partial charge >= 0.3 is 0 Å². The Kier molecular flexibility index (Phi) is 12.9. The van der Waals surface area contributed by atoms with Gasteiger partial charge in [-0.25, -0.2) is 4.99 Å². The first-order valence-corrected chi connectivity index (χ1v) is 11.8. The third-order valence-electron chi connectivity index (χ3n) is 5.65. The van der Waals surface area contributed by atoms with E-state index in [9.17, 15) is 4.39 Å². The molecule has 0 heterocycles. The summed E-state index contributed by atoms with van der Waals surface area (Å²) in [6.45, 7) is 14.8. The Bertz CT molecular complexity index is 930. The second-order valence-electron chi connectivity index (χ2n) is 7.65. The van der Waals surface area contributed by atoms with Crippen LogP contribution in [0.15, 0.2) is 77.5 Å². The molecule has 0 radical (unpaired) electrons. The molecule has 2 rings (SSSR count). The molecule has 0 saturated carbocycles. The molecule has 0 fully saturated rings. The van der Waals surface area contributed by atoms with E-state index in [0.717, 1.165) is 25.0 Å². The van der Waals surface area contributed by atoms with Crippen LogP contribution in [0.25, 0.3) is 5.57 Å². The van der Waals surface area contributed by atoms with Crippen molar-refractivity contribution in [1.29, 1.82) is 0 Å². The van der Waals surface area contributed by atoms with Gasteiger partial charge < -0.3 is 0 Å². The quantitative estimate of drug-likeness (QED) is 0.276. The molecule has 2 aromatic carbocycles. The molecule has 0 aromatic heterocycles. The fourth-order valence-electron chi connectivity index (χ4n) is 3.84. The fourth-order valence-corrected chi connectivity index (χ4v) is 3.84. The van der Waals surface area contributed by atoms with Gasteiger partial charge in [-0.3, -0.25) is 0 Å². The molecule has 0 bridgehead atoms. The van der Waals surface area contributed by atoms with Gasteiger partial charge in [0.2, 0.25) is 0 Å². The Labute approximate surface area is 195 Å². The van der Waals surface area contributed by atoms with E-state index in [-0.39, 0.29) is 5.92 Å². The molecule has 0 aliphatic heterocycles. The van der Waals surface area contributed by atoms with E-state index in [0.29, 0.717) is 6.47 Å². The molecule has 2 aromatic rings. The Hall–Kier alpha value is -2.74. The summed E-state index contributed by atoms with van der Waals surface area (Å²) < 4.78 is 13.0. The van der Waals surface area contributed by atoms with Crippen molar-refractivity contribution in [3.63, 3.8) is 0 Å². The van der Waals surface area contributed by atoms with E-state index in [1.54, 1.807) is 0 Å². The summed E-state index contributed by atoms with van der Waals surface area (Å²) in [5, 5.41) is 0. The van der Waals surface area contributed by atoms with Crippen LogP contribution in [0.5, 0.6) is 0 Å². The highest BCUT2D eigenvalue weighted by Crippen LogP contribution is 2.33. The van der Waals surface area contributed by atoms with Crippen LogP contribution >= 0.6 is 0 Å². The van der Waals surface area contributed by atoms with Crippen molar-refractivity contribution in [1.82, 2.24) is 0 Å². The van der Waals surface area contributed by atoms with Crippen molar-refractivity contribution in [3.05, 3.63) is 100 Å². The third kappa shape index (κ3) is 7.75. The maximum atomic E-state index is 13.0. The normalized spacial score (nSPS) is 13.4. The van der Waals surface area contributed by atoms with Crippen LogP contribution in [0.3, 0.4) is 0 Å². The largest absolute Gasteiger partial charge is 0.231 e. The molecule has 0 aliphatic rings. The summed E-state index contributed by atoms with van der Waals surface area (Å²) in [7, 11) is 0. The molecule has 1 unspecified atom stereocenters. The third-order valence-corrected chi connectivity index (χ3v) is 5.65. The van der Waals surface area contributed by atoms with Gasteiger partial charge in [-0.2, -0.15) is 4.39 Å². The summed E-state index contributed by atoms with van der Waals surface area (Å²) in [4.78, 5) is 4.04. The lowest BCUT2D eigenvalue weighted by Gasteiger charge is -2.21. The number of allylic oxidation sites excluding steroid dienone is 6. The molecule has 1 atom stereocenters. The highest BCUT2D eigenvalue weighted by molar-refractivity contribution is 5.67. The second-order valence-corrected chi connectivity index (χ2v) is 7.65. The predicted molar refractivity (Wildman–Crippen MR) is 141 cm³/mol. The Balaban J connectivity index is 0.00000249. The zero-order valence-electron chi connectivity index (χ0n) is 21.0. The highest BCUT2D eigenvalue weighted by Gasteiger charge is 2.19. The van der Waals surface area contributed by atoms with Crippen LogP contribution in [0.4, 0.5) is 4.39 Å². The topological polar surface area (TPSA) is 12.4 Å². The molecule has 0 saturated heterocycles. The SMILES string of the molecule is C/C=C\C=C(/CCC)c1ccc(CC(/C(=C/C)N=CF)c2cccc(C)c2C)cc1.CC. The van der Waals surface area contributed by atoms with Crippen molar-refractivity contribution in [2.24, 2.45) is 4.99 Å². The first-order chi connectivity index (χ1) is 15.5. The maximum absolute atomic E-state index is 13.0. The van der Waals surface area contributed by atoms with Crippen molar-refractivity contribution in [2.75, 3.05) is 0 Å². The zero-order chi connectivity index (χ0) is 23.9. The van der Waals surface area contributed by atoms with Crippen LogP contribution < -0.4 is 0 Å². The average Bonchev–Trinajstić information content (AvgIpc) is 2.82. The molecule has 0 N–H and O–H groups in total. The van der Waals surface area contributed by atoms with Crippen molar-refractivity contribution >= 4 is 12.0 Å². The number of hydrogen-bond acceptors (Lipinski definition) is 1. The summed E-state index contributed by atoms with van der Waals surface area (Å²) in [6.07, 6.45) is 11.2. The number of aryl methyl sites for hydroxylation is 1. The lowest BCUT2D eigenvalue weighted by molar-refractivity contribution is 0.755. The second kappa shape index (κ2) is 15.1. The van der Waals surface area contributed by atoms with Gasteiger partial charge in [0, 0.05) is 11.6 Å². The first-order valence-electron chi connectivity index (χ1n) is 11.8. The Morgan fingerprint density at radius 3 is 2.28 bits per heavy atom. The van der Waals surface area contributed by atoms with Gasteiger partial charge in [-0.05, 0) is 73.9 Å². The average molecular weight is 434 g/mol. The molecule has 2 heteroatoms. The summed E-state index contributed by atoms with van der Waals surface area (Å²) in [6, 6.07) is 15.1. The van der Waals surface area contributed by atoms with Crippen LogP contribution in [-0.4, -0.2) is 6.47 Å². The van der Waals surface area contributed by atoms with E-state index >= 15 is 0 Å². The molecule has 172 valence electrons. The van der Waals surface area contributed by atoms with Crippen LogP contribution in [0.2, 0.25) is 0 Å². The Morgan fingerprint density at radius 1 is 1.03 bits per heavy atom. The Morgan fingerprint density at radius 2 is 1.72 bits per heavy atom. The van der Waals surface area contributed by atoms with E-state index in [1.165, 1.54) is 33.4 Å². The number of hydrogen-bond donors (Lipinski definition) is 0. The molecule has 0 aliphatic carbocycles. The lowest BCUT2D eigenvalue weighted by Crippen LogP contribution is -2.08. The standard InChI is InChI=1S/C28H34FN.C2H6/c1-6-9-13-24(11-7-2)25-17-15-23(16-18-25)19-27(28(8-3)30-20-29)26-14-10-12-21(4)22(26)5;1-2/h6,8-10,12-18,20,27H,7,11,19H2,1-5H3;1-2H3/b9-6-,24-13+,28-8-,30-20?;. The van der Waals surface area contributed by atoms with E-state index < -0.39 is 0 Å². The fraction of sp³-hybridized carbons (Fsp3) is 0.367. The number of halogens is 1. The van der Waals surface area contributed by atoms with Crippen LogP contribution in [0.1, 0.15) is 81.2 Å². The monoisotopic (exact) mass is 433 g/mol. The highest BCUT2D eigenvalue weighted by atomic mass is 19.1. The number of rotatable bonds is 9. The molecule has 32 heavy (non-hydrogen) atoms. The molecule has 0 spiro atoms. The van der Waals surface area contributed by atoms with Crippen molar-refractivity contribution < 1.29 is 4.39 Å². The minimum atomic E-state index is 0.0152.